The van der Waals surface area contributed by atoms with E-state index in [4.69, 9.17) is 4.74 Å². The highest BCUT2D eigenvalue weighted by Crippen LogP contribution is 2.29. The zero-order valence-corrected chi connectivity index (χ0v) is 16.3. The monoisotopic (exact) mass is 362 g/mol. The number of nitrogens with zero attached hydrogens (tertiary/aromatic N) is 4. The van der Waals surface area contributed by atoms with E-state index in [0.717, 1.165) is 29.8 Å². The molecule has 0 N–H and O–H groups in total. The summed E-state index contributed by atoms with van der Waals surface area (Å²) in [5.74, 6) is 0.273. The van der Waals surface area contributed by atoms with Crippen LogP contribution in [0.2, 0.25) is 0 Å². The quantitative estimate of drug-likeness (QED) is 0.759. The second-order valence-corrected chi connectivity index (χ2v) is 7.52. The third-order valence-electron chi connectivity index (χ3n) is 5.93. The molecule has 3 aliphatic heterocycles. The molecular weight excluding hydrogens is 332 g/mol. The van der Waals surface area contributed by atoms with Crippen LogP contribution in [0.5, 0.6) is 0 Å². The maximum Gasteiger partial charge on any atom is 0.227 e. The van der Waals surface area contributed by atoms with Gasteiger partial charge in [0.15, 0.2) is 0 Å². The highest BCUT2D eigenvalue weighted by molar-refractivity contribution is 5.83. The molecule has 144 valence electrons. The molecule has 26 heavy (non-hydrogen) atoms. The van der Waals surface area contributed by atoms with E-state index in [-0.39, 0.29) is 23.8 Å². The Hall–Kier alpha value is -1.89. The topological polar surface area (TPSA) is 67.7 Å². The van der Waals surface area contributed by atoms with E-state index in [1.807, 2.05) is 35.4 Å². The van der Waals surface area contributed by atoms with Crippen molar-refractivity contribution in [1.82, 2.24) is 19.6 Å². The maximum atomic E-state index is 12.8. The van der Waals surface area contributed by atoms with Crippen molar-refractivity contribution in [1.29, 1.82) is 0 Å². The Balaban J connectivity index is 1.64. The molecule has 2 amide bonds. The van der Waals surface area contributed by atoms with Gasteiger partial charge in [0.25, 0.3) is 0 Å². The Morgan fingerprint density at radius 1 is 1.27 bits per heavy atom. The first kappa shape index (κ1) is 18.9. The van der Waals surface area contributed by atoms with Gasteiger partial charge in [-0.15, -0.1) is 0 Å². The number of carbonyl (C=O) groups excluding carboxylic acids is 2. The molecule has 3 fully saturated rings. The Labute approximate surface area is 155 Å². The van der Waals surface area contributed by atoms with Gasteiger partial charge in [-0.1, -0.05) is 0 Å². The van der Waals surface area contributed by atoms with Crippen LogP contribution in [0.25, 0.3) is 0 Å². The van der Waals surface area contributed by atoms with E-state index >= 15 is 0 Å². The minimum absolute atomic E-state index is 0.0589. The van der Waals surface area contributed by atoms with Crippen LogP contribution < -0.4 is 0 Å². The van der Waals surface area contributed by atoms with Gasteiger partial charge in [-0.2, -0.15) is 5.10 Å². The summed E-state index contributed by atoms with van der Waals surface area (Å²) in [6.07, 6.45) is 3.04. The predicted molar refractivity (Wildman–Crippen MR) is 97.7 cm³/mol. The van der Waals surface area contributed by atoms with Crippen molar-refractivity contribution < 1.29 is 14.3 Å². The van der Waals surface area contributed by atoms with Crippen LogP contribution in [0.4, 0.5) is 0 Å². The van der Waals surface area contributed by atoms with Gasteiger partial charge < -0.3 is 14.5 Å². The normalized spacial score (nSPS) is 22.8. The molecule has 3 saturated heterocycles. The molecule has 1 aromatic rings. The Morgan fingerprint density at radius 2 is 2.04 bits per heavy atom. The fourth-order valence-electron chi connectivity index (χ4n) is 4.30. The lowest BCUT2D eigenvalue weighted by Crippen LogP contribution is -2.49. The molecule has 4 rings (SSSR count). The van der Waals surface area contributed by atoms with Crippen molar-refractivity contribution in [3.63, 3.8) is 0 Å². The summed E-state index contributed by atoms with van der Waals surface area (Å²) < 4.78 is 7.01. The lowest BCUT2D eigenvalue weighted by molar-refractivity contribution is -0.140. The number of hydrogen-bond acceptors (Lipinski definition) is 4. The Bertz CT molecular complexity index is 685. The lowest BCUT2D eigenvalue weighted by atomic mass is 9.94. The smallest absolute Gasteiger partial charge is 0.227 e. The molecule has 0 unspecified atom stereocenters. The standard InChI is InChI=1S/C19H30N4O3/c1-13-17(14(2)21(3)20-13)7-8-18(24)22-11-15-5-6-16(12-22)23(19(15)25)9-10-26-4/h15-16H,5-12H2,1-4H3/t15-,16+/m1/s1. The lowest BCUT2D eigenvalue weighted by Gasteiger charge is -2.35. The van der Waals surface area contributed by atoms with Crippen LogP contribution in [-0.2, 0) is 27.8 Å². The summed E-state index contributed by atoms with van der Waals surface area (Å²) >= 11 is 0. The molecule has 2 bridgehead atoms. The van der Waals surface area contributed by atoms with Gasteiger partial charge in [0.2, 0.25) is 11.8 Å². The van der Waals surface area contributed by atoms with Crippen LogP contribution in [0.3, 0.4) is 0 Å². The molecule has 0 aromatic carbocycles. The van der Waals surface area contributed by atoms with Crippen molar-refractivity contribution >= 4 is 11.8 Å². The molecule has 3 aliphatic rings. The highest BCUT2D eigenvalue weighted by atomic mass is 16.5. The van der Waals surface area contributed by atoms with Crippen LogP contribution in [0.15, 0.2) is 0 Å². The van der Waals surface area contributed by atoms with E-state index in [0.29, 0.717) is 39.1 Å². The van der Waals surface area contributed by atoms with E-state index in [1.54, 1.807) is 7.11 Å². The number of rotatable bonds is 6. The van der Waals surface area contributed by atoms with Crippen LogP contribution in [0, 0.1) is 19.8 Å². The summed E-state index contributed by atoms with van der Waals surface area (Å²) in [4.78, 5) is 29.4. The van der Waals surface area contributed by atoms with Gasteiger partial charge in [-0.05, 0) is 38.7 Å². The van der Waals surface area contributed by atoms with Gasteiger partial charge >= 0.3 is 0 Å². The summed E-state index contributed by atoms with van der Waals surface area (Å²) in [5.41, 5.74) is 3.28. The van der Waals surface area contributed by atoms with Crippen molar-refractivity contribution in [3.8, 4) is 0 Å². The molecule has 7 nitrogen and oxygen atoms in total. The molecule has 0 aliphatic carbocycles. The van der Waals surface area contributed by atoms with Crippen LogP contribution in [0.1, 0.15) is 36.2 Å². The Kier molecular flexibility index (Phi) is 5.65. The fraction of sp³-hybridized carbons (Fsp3) is 0.737. The summed E-state index contributed by atoms with van der Waals surface area (Å²) in [5, 5.41) is 4.43. The van der Waals surface area contributed by atoms with Crippen LogP contribution >= 0.6 is 0 Å². The number of fused-ring (bicyclic) bond motifs is 4. The minimum Gasteiger partial charge on any atom is -0.383 e. The Morgan fingerprint density at radius 3 is 2.69 bits per heavy atom. The molecule has 0 saturated carbocycles. The summed E-state index contributed by atoms with van der Waals surface area (Å²) in [6, 6.07) is 0.127. The number of ether oxygens (including phenoxy) is 1. The SMILES string of the molecule is COCCN1C(=O)[C@@H]2CC[C@H]1CN(C(=O)CCc1c(C)nn(C)c1C)C2. The second-order valence-electron chi connectivity index (χ2n) is 7.52. The zero-order chi connectivity index (χ0) is 18.8. The number of hydrogen-bond donors (Lipinski definition) is 0. The van der Waals surface area contributed by atoms with E-state index in [2.05, 4.69) is 5.10 Å². The largest absolute Gasteiger partial charge is 0.383 e. The molecule has 0 spiro atoms. The molecule has 1 aromatic heterocycles. The highest BCUT2D eigenvalue weighted by Gasteiger charge is 2.41. The van der Waals surface area contributed by atoms with E-state index < -0.39 is 0 Å². The first-order chi connectivity index (χ1) is 12.4. The van der Waals surface area contributed by atoms with Crippen LogP contribution in [-0.4, -0.2) is 70.8 Å². The number of methoxy groups -OCH3 is 1. The number of aromatic nitrogens is 2. The predicted octanol–water partition coefficient (Wildman–Crippen LogP) is 1.07. The molecule has 7 heteroatoms. The third kappa shape index (κ3) is 3.63. The van der Waals surface area contributed by atoms with Gasteiger partial charge in [0.05, 0.1) is 18.2 Å². The van der Waals surface area contributed by atoms with Gasteiger partial charge in [-0.3, -0.25) is 14.3 Å². The zero-order valence-electron chi connectivity index (χ0n) is 16.3. The first-order valence-electron chi connectivity index (χ1n) is 9.48. The number of carbonyl (C=O) groups is 2. The third-order valence-corrected chi connectivity index (χ3v) is 5.93. The number of aryl methyl sites for hydroxylation is 2. The van der Waals surface area contributed by atoms with Gasteiger partial charge in [0, 0.05) is 51.9 Å². The molecular formula is C19H30N4O3. The molecule has 0 radical (unpaired) electrons. The van der Waals surface area contributed by atoms with Crippen molar-refractivity contribution in [2.45, 2.75) is 45.6 Å². The maximum absolute atomic E-state index is 12.8. The summed E-state index contributed by atoms with van der Waals surface area (Å²) in [6.45, 7) is 6.40. The molecule has 2 atom stereocenters. The second kappa shape index (κ2) is 7.78. The average molecular weight is 362 g/mol. The van der Waals surface area contributed by atoms with E-state index in [1.165, 1.54) is 0 Å². The number of piperidine rings is 1. The van der Waals surface area contributed by atoms with Gasteiger partial charge in [-0.25, -0.2) is 0 Å². The fourth-order valence-corrected chi connectivity index (χ4v) is 4.30. The average Bonchev–Trinajstić information content (AvgIpc) is 2.79. The van der Waals surface area contributed by atoms with Crippen molar-refractivity contribution in [2.24, 2.45) is 13.0 Å². The van der Waals surface area contributed by atoms with E-state index in [9.17, 15) is 9.59 Å². The van der Waals surface area contributed by atoms with Crippen molar-refractivity contribution in [3.05, 3.63) is 17.0 Å². The number of amides is 2. The molecule has 4 heterocycles. The summed E-state index contributed by atoms with van der Waals surface area (Å²) in [7, 11) is 3.58. The minimum atomic E-state index is -0.0589. The van der Waals surface area contributed by atoms with Crippen molar-refractivity contribution in [2.75, 3.05) is 33.4 Å². The first-order valence-corrected chi connectivity index (χ1v) is 9.48. The van der Waals surface area contributed by atoms with Gasteiger partial charge in [0.1, 0.15) is 0 Å².